The molecule has 1 saturated heterocycles. The summed E-state index contributed by atoms with van der Waals surface area (Å²) in [4.78, 5) is 23.1. The van der Waals surface area contributed by atoms with E-state index >= 15 is 0 Å². The topological polar surface area (TPSA) is 76.6 Å². The second-order valence-corrected chi connectivity index (χ2v) is 6.92. The van der Waals surface area contributed by atoms with Crippen LogP contribution in [0.3, 0.4) is 0 Å². The molecular formula is C20H18BClN4O3. The van der Waals surface area contributed by atoms with Crippen molar-refractivity contribution < 1.29 is 14.3 Å². The van der Waals surface area contributed by atoms with Crippen molar-refractivity contribution in [2.45, 2.75) is 0 Å². The van der Waals surface area contributed by atoms with Gasteiger partial charge in [-0.05, 0) is 30.3 Å². The largest absolute Gasteiger partial charge is 0.494 e. The molecule has 0 spiro atoms. The number of aromatic nitrogens is 2. The molecule has 1 aromatic heterocycles. The molecule has 1 fully saturated rings. The number of hydrogen-bond acceptors (Lipinski definition) is 6. The minimum atomic E-state index is -0.00114. The third-order valence-corrected chi connectivity index (χ3v) is 5.13. The normalized spacial score (nSPS) is 14.1. The summed E-state index contributed by atoms with van der Waals surface area (Å²) in [5, 5.41) is 4.13. The number of morpholine rings is 1. The number of nitrogens with zero attached hydrogens (tertiary/aromatic N) is 3. The smallest absolute Gasteiger partial charge is 0.254 e. The number of ether oxygens (including phenoxy) is 2. The number of methoxy groups -OCH3 is 1. The Morgan fingerprint density at radius 1 is 1.28 bits per heavy atom. The maximum Gasteiger partial charge on any atom is 0.254 e. The van der Waals surface area contributed by atoms with E-state index in [-0.39, 0.29) is 5.91 Å². The fourth-order valence-electron chi connectivity index (χ4n) is 3.15. The summed E-state index contributed by atoms with van der Waals surface area (Å²) >= 11 is 6.25. The van der Waals surface area contributed by atoms with E-state index in [1.54, 1.807) is 36.4 Å². The van der Waals surface area contributed by atoms with Gasteiger partial charge in [0.25, 0.3) is 5.91 Å². The van der Waals surface area contributed by atoms with Gasteiger partial charge in [0, 0.05) is 40.9 Å². The van der Waals surface area contributed by atoms with Crippen LogP contribution >= 0.6 is 11.6 Å². The minimum Gasteiger partial charge on any atom is -0.494 e. The number of nitrogens with one attached hydrogen (secondary N) is 1. The lowest BCUT2D eigenvalue weighted by molar-refractivity contribution is 0.0303. The van der Waals surface area contributed by atoms with E-state index in [2.05, 4.69) is 15.3 Å². The van der Waals surface area contributed by atoms with Gasteiger partial charge in [-0.3, -0.25) is 4.79 Å². The third kappa shape index (κ3) is 3.99. The summed E-state index contributed by atoms with van der Waals surface area (Å²) in [6, 6.07) is 8.81. The Labute approximate surface area is 174 Å². The first-order chi connectivity index (χ1) is 14.1. The van der Waals surface area contributed by atoms with E-state index in [9.17, 15) is 4.79 Å². The zero-order valence-corrected chi connectivity index (χ0v) is 16.6. The molecule has 9 heteroatoms. The highest BCUT2D eigenvalue weighted by Crippen LogP contribution is 2.29. The Bertz CT molecular complexity index is 1060. The molecule has 1 aliphatic rings. The molecule has 2 heterocycles. The van der Waals surface area contributed by atoms with Crippen molar-refractivity contribution in [3.63, 3.8) is 0 Å². The fourth-order valence-corrected chi connectivity index (χ4v) is 3.34. The minimum absolute atomic E-state index is 0.00114. The van der Waals surface area contributed by atoms with Crippen molar-refractivity contribution in [3.8, 4) is 5.75 Å². The van der Waals surface area contributed by atoms with Crippen LogP contribution in [0.4, 0.5) is 11.6 Å². The van der Waals surface area contributed by atoms with E-state index in [1.807, 2.05) is 12.1 Å². The molecule has 146 valence electrons. The van der Waals surface area contributed by atoms with Crippen LogP contribution in [-0.4, -0.2) is 62.0 Å². The molecular weight excluding hydrogens is 391 g/mol. The van der Waals surface area contributed by atoms with E-state index in [4.69, 9.17) is 28.9 Å². The van der Waals surface area contributed by atoms with Gasteiger partial charge < -0.3 is 19.7 Å². The van der Waals surface area contributed by atoms with Crippen LogP contribution in [-0.2, 0) is 4.74 Å². The Hall–Kier alpha value is -2.84. The van der Waals surface area contributed by atoms with Crippen molar-refractivity contribution in [2.75, 3.05) is 38.7 Å². The lowest BCUT2D eigenvalue weighted by Gasteiger charge is -2.26. The molecule has 2 radical (unpaired) electrons. The highest BCUT2D eigenvalue weighted by molar-refractivity contribution is 6.48. The van der Waals surface area contributed by atoms with E-state index < -0.39 is 0 Å². The Morgan fingerprint density at radius 2 is 2.00 bits per heavy atom. The number of anilines is 2. The monoisotopic (exact) mass is 408 g/mol. The van der Waals surface area contributed by atoms with Crippen LogP contribution in [0.15, 0.2) is 36.5 Å². The molecule has 0 saturated carbocycles. The number of hydrogen-bond donors (Lipinski definition) is 1. The summed E-state index contributed by atoms with van der Waals surface area (Å²) in [5.41, 5.74) is 2.34. The molecule has 3 aromatic rings. The molecule has 4 rings (SSSR count). The Balaban J connectivity index is 1.55. The highest BCUT2D eigenvalue weighted by atomic mass is 35.5. The lowest BCUT2D eigenvalue weighted by Crippen LogP contribution is -2.40. The summed E-state index contributed by atoms with van der Waals surface area (Å²) in [6.45, 7) is 2.37. The molecule has 1 N–H and O–H groups in total. The second-order valence-electron chi connectivity index (χ2n) is 6.54. The number of rotatable bonds is 4. The first-order valence-corrected chi connectivity index (χ1v) is 9.47. The van der Waals surface area contributed by atoms with Gasteiger partial charge in [-0.2, -0.15) is 0 Å². The fraction of sp³-hybridized carbons (Fsp3) is 0.250. The van der Waals surface area contributed by atoms with Gasteiger partial charge in [0.1, 0.15) is 19.1 Å². The average Bonchev–Trinajstić information content (AvgIpc) is 2.77. The quantitative estimate of drug-likeness (QED) is 0.668. The van der Waals surface area contributed by atoms with Gasteiger partial charge in [-0.1, -0.05) is 17.1 Å². The number of benzene rings is 2. The van der Waals surface area contributed by atoms with Crippen LogP contribution in [0.5, 0.6) is 5.75 Å². The molecule has 2 aromatic carbocycles. The predicted molar refractivity (Wildman–Crippen MR) is 113 cm³/mol. The maximum absolute atomic E-state index is 12.5. The van der Waals surface area contributed by atoms with Gasteiger partial charge >= 0.3 is 0 Å². The molecule has 1 aliphatic heterocycles. The van der Waals surface area contributed by atoms with Crippen molar-refractivity contribution >= 4 is 53.4 Å². The van der Waals surface area contributed by atoms with Gasteiger partial charge in [0.15, 0.2) is 0 Å². The predicted octanol–water partition coefficient (Wildman–Crippen LogP) is 2.30. The van der Waals surface area contributed by atoms with Gasteiger partial charge in [-0.25, -0.2) is 9.97 Å². The molecule has 0 atom stereocenters. The number of halogens is 1. The van der Waals surface area contributed by atoms with Crippen LogP contribution < -0.4 is 15.5 Å². The van der Waals surface area contributed by atoms with E-state index in [0.29, 0.717) is 65.0 Å². The summed E-state index contributed by atoms with van der Waals surface area (Å²) in [5.74, 6) is 0.890. The molecule has 0 unspecified atom stereocenters. The van der Waals surface area contributed by atoms with Crippen LogP contribution in [0.2, 0.25) is 5.02 Å². The number of fused-ring (bicyclic) bond motifs is 1. The SMILES string of the molecule is [B]c1cc(OC)c2nc(Nc3ccc(C(=O)N4CCOCC4)cc3)ncc2c1Cl. The molecule has 29 heavy (non-hydrogen) atoms. The van der Waals surface area contributed by atoms with Crippen LogP contribution in [0.1, 0.15) is 10.4 Å². The number of carbonyl (C=O) groups excluding carboxylic acids is 1. The average molecular weight is 409 g/mol. The Kier molecular flexibility index (Phi) is 5.55. The van der Waals surface area contributed by atoms with Gasteiger partial charge in [-0.15, -0.1) is 0 Å². The highest BCUT2D eigenvalue weighted by Gasteiger charge is 2.18. The van der Waals surface area contributed by atoms with Crippen molar-refractivity contribution in [1.82, 2.24) is 14.9 Å². The molecule has 1 amide bonds. The van der Waals surface area contributed by atoms with Gasteiger partial charge in [0.05, 0.1) is 20.3 Å². The first kappa shape index (κ1) is 19.5. The molecule has 7 nitrogen and oxygen atoms in total. The number of amides is 1. The first-order valence-electron chi connectivity index (χ1n) is 9.09. The standard InChI is InChI=1S/C20H18BClN4O3/c1-28-16-10-15(21)17(22)14-11-23-20(25-18(14)16)24-13-4-2-12(3-5-13)19(27)26-6-8-29-9-7-26/h2-5,10-11H,6-9H2,1H3,(H,23,24,25). The summed E-state index contributed by atoms with van der Waals surface area (Å²) < 4.78 is 10.7. The van der Waals surface area contributed by atoms with Crippen molar-refractivity contribution in [2.24, 2.45) is 0 Å². The molecule has 0 aliphatic carbocycles. The van der Waals surface area contributed by atoms with Crippen molar-refractivity contribution in [3.05, 3.63) is 47.1 Å². The Morgan fingerprint density at radius 3 is 2.69 bits per heavy atom. The lowest BCUT2D eigenvalue weighted by atomic mass is 9.94. The van der Waals surface area contributed by atoms with Crippen LogP contribution in [0, 0.1) is 0 Å². The van der Waals surface area contributed by atoms with E-state index in [1.165, 1.54) is 0 Å². The number of carbonyl (C=O) groups is 1. The van der Waals surface area contributed by atoms with Crippen LogP contribution in [0.25, 0.3) is 10.9 Å². The van der Waals surface area contributed by atoms with E-state index in [0.717, 1.165) is 5.69 Å². The third-order valence-electron chi connectivity index (χ3n) is 4.70. The van der Waals surface area contributed by atoms with Gasteiger partial charge in [0.2, 0.25) is 5.95 Å². The zero-order chi connectivity index (χ0) is 20.4. The van der Waals surface area contributed by atoms with Crippen molar-refractivity contribution in [1.29, 1.82) is 0 Å². The summed E-state index contributed by atoms with van der Waals surface area (Å²) in [7, 11) is 7.44. The summed E-state index contributed by atoms with van der Waals surface area (Å²) in [6.07, 6.45) is 1.60. The molecule has 0 bridgehead atoms. The zero-order valence-electron chi connectivity index (χ0n) is 15.8. The maximum atomic E-state index is 12.5. The second kappa shape index (κ2) is 8.27.